The molecule has 0 aliphatic heterocycles. The third-order valence-corrected chi connectivity index (χ3v) is 3.02. The third kappa shape index (κ3) is 2.25. The van der Waals surface area contributed by atoms with E-state index in [2.05, 4.69) is 15.1 Å². The molecule has 3 aromatic rings. The Morgan fingerprint density at radius 2 is 1.90 bits per heavy atom. The maximum atomic E-state index is 5.74. The molecule has 0 atom stereocenters. The average Bonchev–Trinajstić information content (AvgIpc) is 2.88. The molecule has 0 amide bonds. The second-order valence-electron chi connectivity index (χ2n) is 4.66. The van der Waals surface area contributed by atoms with Crippen molar-refractivity contribution in [3.63, 3.8) is 0 Å². The van der Waals surface area contributed by atoms with Crippen LogP contribution < -0.4 is 5.73 Å². The van der Waals surface area contributed by atoms with E-state index in [9.17, 15) is 0 Å². The summed E-state index contributed by atoms with van der Waals surface area (Å²) in [4.78, 5) is 8.78. The number of pyridine rings is 1. The van der Waals surface area contributed by atoms with Gasteiger partial charge in [-0.1, -0.05) is 11.2 Å². The van der Waals surface area contributed by atoms with Gasteiger partial charge in [-0.25, -0.2) is 4.98 Å². The molecule has 0 bridgehead atoms. The first-order valence-corrected chi connectivity index (χ1v) is 6.28. The van der Waals surface area contributed by atoms with Crippen molar-refractivity contribution in [1.29, 1.82) is 0 Å². The molecule has 5 nitrogen and oxygen atoms in total. The fourth-order valence-corrected chi connectivity index (χ4v) is 2.03. The summed E-state index contributed by atoms with van der Waals surface area (Å²) < 4.78 is 5.32. The van der Waals surface area contributed by atoms with E-state index in [0.29, 0.717) is 23.1 Å². The molecule has 0 saturated heterocycles. The van der Waals surface area contributed by atoms with E-state index in [-0.39, 0.29) is 0 Å². The van der Waals surface area contributed by atoms with Crippen molar-refractivity contribution < 1.29 is 4.52 Å². The monoisotopic (exact) mass is 266 g/mol. The van der Waals surface area contributed by atoms with Crippen LogP contribution >= 0.6 is 0 Å². The molecular weight excluding hydrogens is 252 g/mol. The number of nitrogens with zero attached hydrogens (tertiary/aromatic N) is 3. The molecule has 0 unspecified atom stereocenters. The Morgan fingerprint density at radius 3 is 2.65 bits per heavy atom. The SMILES string of the molecule is Cc1cccc(-c2noc(-c3ccc(N)cc3C)n2)n1. The van der Waals surface area contributed by atoms with Crippen molar-refractivity contribution in [1.82, 2.24) is 15.1 Å². The second kappa shape index (κ2) is 4.77. The van der Waals surface area contributed by atoms with E-state index in [1.54, 1.807) is 0 Å². The van der Waals surface area contributed by atoms with Gasteiger partial charge < -0.3 is 10.3 Å². The highest BCUT2D eigenvalue weighted by atomic mass is 16.5. The van der Waals surface area contributed by atoms with Crippen LogP contribution in [0.15, 0.2) is 40.9 Å². The summed E-state index contributed by atoms with van der Waals surface area (Å²) in [6, 6.07) is 11.3. The first-order chi connectivity index (χ1) is 9.63. The van der Waals surface area contributed by atoms with Gasteiger partial charge in [-0.3, -0.25) is 0 Å². The zero-order valence-electron chi connectivity index (χ0n) is 11.3. The first kappa shape index (κ1) is 12.3. The molecule has 2 heterocycles. The topological polar surface area (TPSA) is 77.8 Å². The lowest BCUT2D eigenvalue weighted by molar-refractivity contribution is 0.432. The molecule has 0 radical (unpaired) electrons. The number of hydrogen-bond donors (Lipinski definition) is 1. The van der Waals surface area contributed by atoms with Crippen molar-refractivity contribution in [3.8, 4) is 23.0 Å². The molecular formula is C15H14N4O. The molecule has 20 heavy (non-hydrogen) atoms. The first-order valence-electron chi connectivity index (χ1n) is 6.28. The molecule has 1 aromatic carbocycles. The Kier molecular flexibility index (Phi) is 2.95. The number of nitrogens with two attached hydrogens (primary N) is 1. The lowest BCUT2D eigenvalue weighted by Gasteiger charge is -2.01. The van der Waals surface area contributed by atoms with Crippen molar-refractivity contribution >= 4 is 5.69 Å². The van der Waals surface area contributed by atoms with E-state index in [1.807, 2.05) is 50.2 Å². The van der Waals surface area contributed by atoms with Crippen molar-refractivity contribution in [2.45, 2.75) is 13.8 Å². The van der Waals surface area contributed by atoms with Crippen LogP contribution in [-0.4, -0.2) is 15.1 Å². The Bertz CT molecular complexity index is 764. The van der Waals surface area contributed by atoms with Gasteiger partial charge in [0.2, 0.25) is 5.82 Å². The van der Waals surface area contributed by atoms with Gasteiger partial charge in [-0.15, -0.1) is 0 Å². The van der Waals surface area contributed by atoms with E-state index in [4.69, 9.17) is 10.3 Å². The van der Waals surface area contributed by atoms with Crippen LogP contribution in [0, 0.1) is 13.8 Å². The van der Waals surface area contributed by atoms with Crippen LogP contribution in [0.2, 0.25) is 0 Å². The van der Waals surface area contributed by atoms with E-state index >= 15 is 0 Å². The predicted molar refractivity (Wildman–Crippen MR) is 76.9 cm³/mol. The molecule has 0 aliphatic carbocycles. The molecule has 5 heteroatoms. The molecule has 100 valence electrons. The van der Waals surface area contributed by atoms with Gasteiger partial charge in [0.05, 0.1) is 0 Å². The lowest BCUT2D eigenvalue weighted by atomic mass is 10.1. The normalized spacial score (nSPS) is 10.7. The quantitative estimate of drug-likeness (QED) is 0.721. The Morgan fingerprint density at radius 1 is 1.05 bits per heavy atom. The molecule has 0 aliphatic rings. The minimum absolute atomic E-state index is 0.473. The molecule has 3 rings (SSSR count). The maximum absolute atomic E-state index is 5.74. The summed E-state index contributed by atoms with van der Waals surface area (Å²) in [5.41, 5.74) is 9.95. The van der Waals surface area contributed by atoms with Crippen LogP contribution in [0.4, 0.5) is 5.69 Å². The molecule has 2 aromatic heterocycles. The minimum Gasteiger partial charge on any atom is -0.399 e. The van der Waals surface area contributed by atoms with Gasteiger partial charge in [0, 0.05) is 16.9 Å². The van der Waals surface area contributed by atoms with E-state index in [0.717, 1.165) is 16.8 Å². The number of aromatic nitrogens is 3. The average molecular weight is 266 g/mol. The second-order valence-corrected chi connectivity index (χ2v) is 4.66. The number of benzene rings is 1. The maximum Gasteiger partial charge on any atom is 0.258 e. The smallest absolute Gasteiger partial charge is 0.258 e. The Hall–Kier alpha value is -2.69. The highest BCUT2D eigenvalue weighted by Gasteiger charge is 2.13. The van der Waals surface area contributed by atoms with E-state index in [1.165, 1.54) is 0 Å². The summed E-state index contributed by atoms with van der Waals surface area (Å²) in [5.74, 6) is 0.959. The number of rotatable bonds is 2. The standard InChI is InChI=1S/C15H14N4O/c1-9-8-11(16)6-7-12(9)15-18-14(19-20-15)13-5-3-4-10(2)17-13/h3-8H,16H2,1-2H3. The van der Waals surface area contributed by atoms with Crippen LogP contribution in [0.1, 0.15) is 11.3 Å². The van der Waals surface area contributed by atoms with Crippen molar-refractivity contribution in [3.05, 3.63) is 47.7 Å². The van der Waals surface area contributed by atoms with Gasteiger partial charge in [0.15, 0.2) is 0 Å². The highest BCUT2D eigenvalue weighted by molar-refractivity contribution is 5.64. The highest BCUT2D eigenvalue weighted by Crippen LogP contribution is 2.25. The van der Waals surface area contributed by atoms with E-state index < -0.39 is 0 Å². The summed E-state index contributed by atoms with van der Waals surface area (Å²) in [5, 5.41) is 3.99. The number of anilines is 1. The molecule has 0 saturated carbocycles. The van der Waals surface area contributed by atoms with Crippen molar-refractivity contribution in [2.75, 3.05) is 5.73 Å². The zero-order valence-corrected chi connectivity index (χ0v) is 11.3. The number of nitrogen functional groups attached to an aromatic ring is 1. The third-order valence-electron chi connectivity index (χ3n) is 3.02. The largest absolute Gasteiger partial charge is 0.399 e. The minimum atomic E-state index is 0.473. The van der Waals surface area contributed by atoms with Gasteiger partial charge in [-0.05, 0) is 49.7 Å². The summed E-state index contributed by atoms with van der Waals surface area (Å²) >= 11 is 0. The molecule has 2 N–H and O–H groups in total. The summed E-state index contributed by atoms with van der Waals surface area (Å²) in [6.45, 7) is 3.88. The predicted octanol–water partition coefficient (Wildman–Crippen LogP) is 3.00. The summed E-state index contributed by atoms with van der Waals surface area (Å²) in [7, 11) is 0. The number of aryl methyl sites for hydroxylation is 2. The van der Waals surface area contributed by atoms with Crippen molar-refractivity contribution in [2.24, 2.45) is 0 Å². The zero-order chi connectivity index (χ0) is 14.1. The van der Waals surface area contributed by atoms with Crippen LogP contribution in [-0.2, 0) is 0 Å². The summed E-state index contributed by atoms with van der Waals surface area (Å²) in [6.07, 6.45) is 0. The van der Waals surface area contributed by atoms with Gasteiger partial charge in [0.1, 0.15) is 5.69 Å². The fraction of sp³-hybridized carbons (Fsp3) is 0.133. The van der Waals surface area contributed by atoms with Gasteiger partial charge in [-0.2, -0.15) is 4.98 Å². The lowest BCUT2D eigenvalue weighted by Crippen LogP contribution is -1.90. The molecule has 0 spiro atoms. The molecule has 0 fully saturated rings. The fourth-order valence-electron chi connectivity index (χ4n) is 2.03. The van der Waals surface area contributed by atoms with Gasteiger partial charge >= 0.3 is 0 Å². The Labute approximate surface area is 116 Å². The van der Waals surface area contributed by atoms with Crippen LogP contribution in [0.3, 0.4) is 0 Å². The van der Waals surface area contributed by atoms with Crippen LogP contribution in [0.5, 0.6) is 0 Å². The van der Waals surface area contributed by atoms with Gasteiger partial charge in [0.25, 0.3) is 5.89 Å². The van der Waals surface area contributed by atoms with Crippen LogP contribution in [0.25, 0.3) is 23.0 Å². The number of hydrogen-bond acceptors (Lipinski definition) is 5. The Balaban J connectivity index is 2.02.